The lowest BCUT2D eigenvalue weighted by Crippen LogP contribution is -2.10. The average Bonchev–Trinajstić information content (AvgIpc) is 2.71. The molecule has 0 aliphatic heterocycles. The van der Waals surface area contributed by atoms with E-state index in [1.54, 1.807) is 0 Å². The number of rotatable bonds is 2. The zero-order valence-electron chi connectivity index (χ0n) is 9.87. The molecule has 2 rings (SSSR count). The van der Waals surface area contributed by atoms with E-state index in [9.17, 15) is 0 Å². The third-order valence-corrected chi connectivity index (χ3v) is 3.21. The van der Waals surface area contributed by atoms with Crippen LogP contribution in [-0.2, 0) is 0 Å². The number of aryl methyl sites for hydroxylation is 3. The summed E-state index contributed by atoms with van der Waals surface area (Å²) >= 11 is 5.27. The number of hydrogen-bond donors (Lipinski definition) is 1. The smallest absolute Gasteiger partial charge is 0.177 e. The summed E-state index contributed by atoms with van der Waals surface area (Å²) in [6.45, 7) is 8.01. The van der Waals surface area contributed by atoms with E-state index >= 15 is 0 Å². The number of imidazole rings is 1. The first-order valence-electron chi connectivity index (χ1n) is 5.21. The molecule has 0 aromatic carbocycles. The predicted octanol–water partition coefficient (Wildman–Crippen LogP) is 3.07. The Bertz CT molecular complexity index is 545. The highest BCUT2D eigenvalue weighted by molar-refractivity contribution is 7.71. The number of aromatic amines is 1. The van der Waals surface area contributed by atoms with Crippen molar-refractivity contribution >= 4 is 12.2 Å². The van der Waals surface area contributed by atoms with Gasteiger partial charge in [-0.05, 0) is 39.9 Å². The fraction of sp³-hybridized carbons (Fsp3) is 0.455. The molecule has 1 unspecified atom stereocenters. The van der Waals surface area contributed by atoms with Crippen LogP contribution in [-0.4, -0.2) is 14.7 Å². The van der Waals surface area contributed by atoms with Crippen molar-refractivity contribution in [3.05, 3.63) is 33.7 Å². The van der Waals surface area contributed by atoms with E-state index in [0.717, 1.165) is 27.5 Å². The summed E-state index contributed by atoms with van der Waals surface area (Å²) in [5.74, 6) is 0.854. The third-order valence-electron chi connectivity index (χ3n) is 2.90. The van der Waals surface area contributed by atoms with E-state index in [1.807, 2.05) is 27.0 Å². The first kappa shape index (κ1) is 11.1. The summed E-state index contributed by atoms with van der Waals surface area (Å²) in [6.07, 6.45) is 1.91. The highest BCUT2D eigenvalue weighted by Gasteiger charge is 2.19. The highest BCUT2D eigenvalue weighted by atomic mass is 32.1. The van der Waals surface area contributed by atoms with Crippen LogP contribution in [0.2, 0.25) is 0 Å². The second-order valence-electron chi connectivity index (χ2n) is 4.02. The summed E-state index contributed by atoms with van der Waals surface area (Å²) < 4.78 is 7.98. The molecule has 0 saturated carbocycles. The molecule has 0 amide bonds. The van der Waals surface area contributed by atoms with Crippen LogP contribution in [0, 0.1) is 25.5 Å². The molecule has 16 heavy (non-hydrogen) atoms. The van der Waals surface area contributed by atoms with Gasteiger partial charge in [0, 0.05) is 17.5 Å². The van der Waals surface area contributed by atoms with Gasteiger partial charge in [0.1, 0.15) is 5.76 Å². The van der Waals surface area contributed by atoms with E-state index < -0.39 is 0 Å². The van der Waals surface area contributed by atoms with Gasteiger partial charge >= 0.3 is 0 Å². The molecule has 0 aliphatic rings. The van der Waals surface area contributed by atoms with Crippen molar-refractivity contribution in [3.63, 3.8) is 0 Å². The Balaban J connectivity index is 2.55. The minimum Gasteiger partial charge on any atom is -0.361 e. The van der Waals surface area contributed by atoms with Crippen LogP contribution < -0.4 is 0 Å². The van der Waals surface area contributed by atoms with E-state index in [2.05, 4.69) is 21.6 Å². The van der Waals surface area contributed by atoms with Crippen LogP contribution in [0.5, 0.6) is 0 Å². The van der Waals surface area contributed by atoms with Gasteiger partial charge < -0.3 is 14.1 Å². The SMILES string of the molecule is Cc1noc(C)c1C(C)n1c(C)c[nH]c1=S. The van der Waals surface area contributed by atoms with Crippen molar-refractivity contribution in [2.75, 3.05) is 0 Å². The summed E-state index contributed by atoms with van der Waals surface area (Å²) in [6, 6.07) is 0.144. The molecule has 2 aromatic rings. The van der Waals surface area contributed by atoms with Crippen LogP contribution in [0.3, 0.4) is 0 Å². The number of hydrogen-bond acceptors (Lipinski definition) is 3. The molecule has 2 heterocycles. The number of nitrogens with one attached hydrogen (secondary N) is 1. The van der Waals surface area contributed by atoms with Gasteiger partial charge in [0.2, 0.25) is 0 Å². The lowest BCUT2D eigenvalue weighted by Gasteiger charge is -2.15. The van der Waals surface area contributed by atoms with Crippen LogP contribution in [0.25, 0.3) is 0 Å². The maximum atomic E-state index is 5.27. The van der Waals surface area contributed by atoms with E-state index in [1.165, 1.54) is 0 Å². The topological polar surface area (TPSA) is 46.8 Å². The largest absolute Gasteiger partial charge is 0.361 e. The van der Waals surface area contributed by atoms with Gasteiger partial charge in [0.25, 0.3) is 0 Å². The fourth-order valence-corrected chi connectivity index (χ4v) is 2.52. The van der Waals surface area contributed by atoms with Gasteiger partial charge in [-0.15, -0.1) is 0 Å². The molecule has 1 atom stereocenters. The molecule has 0 fully saturated rings. The molecule has 0 saturated heterocycles. The zero-order chi connectivity index (χ0) is 11.9. The maximum absolute atomic E-state index is 5.27. The standard InChI is InChI=1S/C11H15N3OS/c1-6-5-12-11(16)14(6)8(3)10-7(2)13-15-9(10)4/h5,8H,1-4H3,(H,12,16). The first-order chi connectivity index (χ1) is 7.52. The quantitative estimate of drug-likeness (QED) is 0.816. The minimum absolute atomic E-state index is 0.144. The molecule has 0 spiro atoms. The average molecular weight is 237 g/mol. The van der Waals surface area contributed by atoms with Crippen LogP contribution in [0.1, 0.15) is 35.7 Å². The molecule has 0 aliphatic carbocycles. The molecule has 4 nitrogen and oxygen atoms in total. The molecule has 5 heteroatoms. The summed E-state index contributed by atoms with van der Waals surface area (Å²) in [5, 5.41) is 3.97. The normalized spacial score (nSPS) is 13.0. The van der Waals surface area contributed by atoms with Crippen LogP contribution >= 0.6 is 12.2 Å². The van der Waals surface area contributed by atoms with Gasteiger partial charge in [-0.25, -0.2) is 0 Å². The van der Waals surface area contributed by atoms with Crippen molar-refractivity contribution in [1.29, 1.82) is 0 Å². The summed E-state index contributed by atoms with van der Waals surface area (Å²) in [7, 11) is 0. The number of H-pyrrole nitrogens is 1. The third kappa shape index (κ3) is 1.61. The van der Waals surface area contributed by atoms with Gasteiger partial charge in [-0.1, -0.05) is 5.16 Å². The molecular formula is C11H15N3OS. The highest BCUT2D eigenvalue weighted by Crippen LogP contribution is 2.25. The lowest BCUT2D eigenvalue weighted by atomic mass is 10.1. The van der Waals surface area contributed by atoms with Gasteiger partial charge in [0.15, 0.2) is 4.77 Å². The molecule has 2 aromatic heterocycles. The van der Waals surface area contributed by atoms with Crippen LogP contribution in [0.15, 0.2) is 10.7 Å². The molecular weight excluding hydrogens is 222 g/mol. The number of nitrogens with zero attached hydrogens (tertiary/aromatic N) is 2. The lowest BCUT2D eigenvalue weighted by molar-refractivity contribution is 0.391. The maximum Gasteiger partial charge on any atom is 0.177 e. The second-order valence-corrected chi connectivity index (χ2v) is 4.41. The predicted molar refractivity (Wildman–Crippen MR) is 64.1 cm³/mol. The fourth-order valence-electron chi connectivity index (χ4n) is 2.16. The number of aromatic nitrogens is 3. The van der Waals surface area contributed by atoms with Crippen molar-refractivity contribution in [2.24, 2.45) is 0 Å². The van der Waals surface area contributed by atoms with Crippen LogP contribution in [0.4, 0.5) is 0 Å². The zero-order valence-corrected chi connectivity index (χ0v) is 10.7. The Kier molecular flexibility index (Phi) is 2.71. The Hall–Kier alpha value is -1.36. The first-order valence-corrected chi connectivity index (χ1v) is 5.62. The second kappa shape index (κ2) is 3.90. The monoisotopic (exact) mass is 237 g/mol. The van der Waals surface area contributed by atoms with E-state index in [-0.39, 0.29) is 6.04 Å². The molecule has 0 radical (unpaired) electrons. The van der Waals surface area contributed by atoms with Gasteiger partial charge in [0.05, 0.1) is 11.7 Å². The Morgan fingerprint density at radius 1 is 1.44 bits per heavy atom. The van der Waals surface area contributed by atoms with Crippen molar-refractivity contribution in [2.45, 2.75) is 33.7 Å². The molecule has 0 bridgehead atoms. The minimum atomic E-state index is 0.144. The Morgan fingerprint density at radius 3 is 2.56 bits per heavy atom. The Morgan fingerprint density at radius 2 is 2.12 bits per heavy atom. The van der Waals surface area contributed by atoms with Gasteiger partial charge in [-0.2, -0.15) is 0 Å². The van der Waals surface area contributed by atoms with Crippen molar-refractivity contribution < 1.29 is 4.52 Å². The molecule has 1 N–H and O–H groups in total. The Labute approximate surface area is 99.3 Å². The van der Waals surface area contributed by atoms with E-state index in [4.69, 9.17) is 16.7 Å². The summed E-state index contributed by atoms with van der Waals surface area (Å²) in [4.78, 5) is 3.05. The summed E-state index contributed by atoms with van der Waals surface area (Å²) in [5.41, 5.74) is 3.14. The van der Waals surface area contributed by atoms with Gasteiger partial charge in [-0.3, -0.25) is 0 Å². The van der Waals surface area contributed by atoms with Crippen molar-refractivity contribution in [1.82, 2.24) is 14.7 Å². The van der Waals surface area contributed by atoms with Crippen molar-refractivity contribution in [3.8, 4) is 0 Å². The molecule has 86 valence electrons. The van der Waals surface area contributed by atoms with E-state index in [0.29, 0.717) is 0 Å².